The normalized spacial score (nSPS) is 23.0. The summed E-state index contributed by atoms with van der Waals surface area (Å²) < 4.78 is 0. The largest absolute Gasteiger partial charge is 0.388 e. The fraction of sp³-hybridized carbons (Fsp3) is 0.833. The van der Waals surface area contributed by atoms with Gasteiger partial charge >= 0.3 is 6.03 Å². The monoisotopic (exact) mass is 323 g/mol. The molecule has 5 heteroatoms. The maximum atomic E-state index is 12.1. The number of aliphatic hydroxyl groups is 1. The smallest absolute Gasteiger partial charge is 0.315 e. The molecular formula is C18H33N3O2. The zero-order valence-electron chi connectivity index (χ0n) is 14.6. The fourth-order valence-electron chi connectivity index (χ4n) is 3.66. The fourth-order valence-corrected chi connectivity index (χ4v) is 3.66. The minimum Gasteiger partial charge on any atom is -0.388 e. The number of nitrogens with zero attached hydrogens (tertiary/aromatic N) is 1. The van der Waals surface area contributed by atoms with Crippen molar-refractivity contribution in [1.82, 2.24) is 15.5 Å². The molecule has 1 aliphatic carbocycles. The highest BCUT2D eigenvalue weighted by Crippen LogP contribution is 2.26. The molecule has 1 saturated carbocycles. The molecule has 0 aromatic heterocycles. The summed E-state index contributed by atoms with van der Waals surface area (Å²) >= 11 is 0. The minimum absolute atomic E-state index is 0.138. The maximum Gasteiger partial charge on any atom is 0.315 e. The molecule has 2 aliphatic rings. The van der Waals surface area contributed by atoms with Crippen molar-refractivity contribution in [2.24, 2.45) is 0 Å². The lowest BCUT2D eigenvalue weighted by molar-refractivity contribution is 0.0275. The maximum absolute atomic E-state index is 12.1. The number of carbonyl (C=O) groups is 1. The second-order valence-corrected chi connectivity index (χ2v) is 7.47. The van der Waals surface area contributed by atoms with Crippen molar-refractivity contribution in [3.8, 4) is 0 Å². The lowest BCUT2D eigenvalue weighted by Gasteiger charge is -2.33. The van der Waals surface area contributed by atoms with Gasteiger partial charge in [-0.2, -0.15) is 0 Å². The van der Waals surface area contributed by atoms with Crippen molar-refractivity contribution in [2.75, 3.05) is 26.2 Å². The van der Waals surface area contributed by atoms with Gasteiger partial charge in [0, 0.05) is 32.2 Å². The Hall–Kier alpha value is -1.07. The molecule has 0 spiro atoms. The molecule has 2 fully saturated rings. The minimum atomic E-state index is -0.710. The summed E-state index contributed by atoms with van der Waals surface area (Å²) in [6.07, 6.45) is 8.05. The predicted octanol–water partition coefficient (Wildman–Crippen LogP) is 2.41. The first-order valence-corrected chi connectivity index (χ1v) is 9.10. The summed E-state index contributed by atoms with van der Waals surface area (Å²) in [5, 5.41) is 16.5. The molecule has 0 radical (unpaired) electrons. The summed E-state index contributed by atoms with van der Waals surface area (Å²) in [7, 11) is 0. The van der Waals surface area contributed by atoms with Crippen LogP contribution in [0.1, 0.15) is 58.3 Å². The van der Waals surface area contributed by atoms with E-state index in [0.717, 1.165) is 58.2 Å². The molecule has 0 bridgehead atoms. The van der Waals surface area contributed by atoms with Gasteiger partial charge in [0.05, 0.1) is 5.60 Å². The van der Waals surface area contributed by atoms with E-state index in [1.807, 2.05) is 0 Å². The number of piperidine rings is 1. The molecule has 2 amide bonds. The first-order valence-electron chi connectivity index (χ1n) is 9.10. The number of urea groups is 1. The Balaban J connectivity index is 1.66. The number of nitrogens with one attached hydrogen (secondary N) is 2. The number of rotatable bonds is 5. The molecule has 1 saturated heterocycles. The van der Waals surface area contributed by atoms with Gasteiger partial charge in [0.15, 0.2) is 0 Å². The van der Waals surface area contributed by atoms with Crippen molar-refractivity contribution in [2.45, 2.75) is 69.9 Å². The van der Waals surface area contributed by atoms with Crippen molar-refractivity contribution in [1.29, 1.82) is 0 Å². The highest BCUT2D eigenvalue weighted by Gasteiger charge is 2.29. The van der Waals surface area contributed by atoms with Gasteiger partial charge in [0.2, 0.25) is 0 Å². The summed E-state index contributed by atoms with van der Waals surface area (Å²) in [5.41, 5.74) is 0.476. The first kappa shape index (κ1) is 18.3. The van der Waals surface area contributed by atoms with Gasteiger partial charge in [-0.1, -0.05) is 37.8 Å². The Morgan fingerprint density at radius 3 is 2.39 bits per heavy atom. The second kappa shape index (κ2) is 8.69. The van der Waals surface area contributed by atoms with Crippen molar-refractivity contribution < 1.29 is 9.90 Å². The molecule has 0 atom stereocenters. The second-order valence-electron chi connectivity index (χ2n) is 7.47. The summed E-state index contributed by atoms with van der Waals surface area (Å²) in [5.74, 6) is 0. The van der Waals surface area contributed by atoms with E-state index in [9.17, 15) is 9.90 Å². The third kappa shape index (κ3) is 6.51. The van der Waals surface area contributed by atoms with Gasteiger partial charge in [-0.05, 0) is 32.6 Å². The molecule has 0 aromatic rings. The van der Waals surface area contributed by atoms with Crippen LogP contribution in [0.25, 0.3) is 0 Å². The first-order chi connectivity index (χ1) is 11.0. The van der Waals surface area contributed by atoms with Gasteiger partial charge in [-0.3, -0.25) is 4.90 Å². The number of carbonyl (C=O) groups excluding carboxylic acids is 1. The zero-order valence-corrected chi connectivity index (χ0v) is 14.6. The van der Waals surface area contributed by atoms with Crippen LogP contribution in [0.5, 0.6) is 0 Å². The molecule has 1 aliphatic heterocycles. The van der Waals surface area contributed by atoms with Crippen LogP contribution in [-0.4, -0.2) is 53.9 Å². The van der Waals surface area contributed by atoms with Gasteiger partial charge in [0.1, 0.15) is 0 Å². The molecule has 1 heterocycles. The average Bonchev–Trinajstić information content (AvgIpc) is 2.72. The molecule has 0 unspecified atom stereocenters. The van der Waals surface area contributed by atoms with Crippen LogP contribution >= 0.6 is 0 Å². The lowest BCUT2D eigenvalue weighted by Crippen LogP contribution is -2.51. The molecular weight excluding hydrogens is 290 g/mol. The van der Waals surface area contributed by atoms with Crippen LogP contribution in [0.3, 0.4) is 0 Å². The van der Waals surface area contributed by atoms with Crippen molar-refractivity contribution in [3.63, 3.8) is 0 Å². The summed E-state index contributed by atoms with van der Waals surface area (Å²) in [4.78, 5) is 14.5. The van der Waals surface area contributed by atoms with Crippen LogP contribution in [0, 0.1) is 0 Å². The van der Waals surface area contributed by atoms with E-state index in [2.05, 4.69) is 29.0 Å². The van der Waals surface area contributed by atoms with Gasteiger partial charge < -0.3 is 15.7 Å². The van der Waals surface area contributed by atoms with E-state index in [1.54, 1.807) is 0 Å². The number of amides is 2. The molecule has 0 aromatic carbocycles. The van der Waals surface area contributed by atoms with Crippen molar-refractivity contribution >= 4 is 6.03 Å². The van der Waals surface area contributed by atoms with Gasteiger partial charge in [-0.15, -0.1) is 0 Å². The van der Waals surface area contributed by atoms with Gasteiger partial charge in [-0.25, -0.2) is 4.79 Å². The standard InChI is InChI=1S/C18H33N3O2/c1-15(2)13-21-11-7-16(8-12-21)20-17(22)19-14-18(23)9-5-3-4-6-10-18/h16,23H,1,3-14H2,2H3,(H2,19,20,22). The number of hydrogen-bond donors (Lipinski definition) is 3. The molecule has 23 heavy (non-hydrogen) atoms. The zero-order chi connectivity index (χ0) is 16.7. The third-order valence-electron chi connectivity index (χ3n) is 5.03. The Bertz CT molecular complexity index is 395. The van der Waals surface area contributed by atoms with E-state index in [4.69, 9.17) is 0 Å². The molecule has 3 N–H and O–H groups in total. The topological polar surface area (TPSA) is 64.6 Å². The Morgan fingerprint density at radius 1 is 1.22 bits per heavy atom. The van der Waals surface area contributed by atoms with Gasteiger partial charge in [0.25, 0.3) is 0 Å². The number of hydrogen-bond acceptors (Lipinski definition) is 3. The molecule has 5 nitrogen and oxygen atoms in total. The Kier molecular flexibility index (Phi) is 6.90. The van der Waals surface area contributed by atoms with Crippen LogP contribution < -0.4 is 10.6 Å². The summed E-state index contributed by atoms with van der Waals surface area (Å²) in [6, 6.07) is 0.0983. The Morgan fingerprint density at radius 2 is 1.83 bits per heavy atom. The quantitative estimate of drug-likeness (QED) is 0.538. The van der Waals surface area contributed by atoms with Crippen LogP contribution in [0.4, 0.5) is 4.79 Å². The highest BCUT2D eigenvalue weighted by molar-refractivity contribution is 5.74. The average molecular weight is 323 g/mol. The van der Waals surface area contributed by atoms with E-state index in [1.165, 1.54) is 18.4 Å². The molecule has 132 valence electrons. The lowest BCUT2D eigenvalue weighted by atomic mass is 9.94. The predicted molar refractivity (Wildman–Crippen MR) is 93.5 cm³/mol. The number of likely N-dealkylation sites (tertiary alicyclic amines) is 1. The third-order valence-corrected chi connectivity index (χ3v) is 5.03. The molecule has 2 rings (SSSR count). The Labute approximate surface area is 140 Å². The SMILES string of the molecule is C=C(C)CN1CCC(NC(=O)NCC2(O)CCCCCC2)CC1. The van der Waals surface area contributed by atoms with E-state index in [0.29, 0.717) is 6.54 Å². The van der Waals surface area contributed by atoms with Crippen LogP contribution in [-0.2, 0) is 0 Å². The summed E-state index contributed by atoms with van der Waals surface area (Å²) in [6.45, 7) is 9.33. The van der Waals surface area contributed by atoms with Crippen molar-refractivity contribution in [3.05, 3.63) is 12.2 Å². The highest BCUT2D eigenvalue weighted by atomic mass is 16.3. The van der Waals surface area contributed by atoms with Crippen LogP contribution in [0.15, 0.2) is 12.2 Å². The van der Waals surface area contributed by atoms with Crippen LogP contribution in [0.2, 0.25) is 0 Å². The van der Waals surface area contributed by atoms with E-state index < -0.39 is 5.60 Å². The van der Waals surface area contributed by atoms with E-state index >= 15 is 0 Å². The van der Waals surface area contributed by atoms with E-state index in [-0.39, 0.29) is 12.1 Å².